The third-order valence-corrected chi connectivity index (χ3v) is 5.36. The summed E-state index contributed by atoms with van der Waals surface area (Å²) in [6.07, 6.45) is 5.17. The number of nitrogens with two attached hydrogens (primary N) is 1. The molecule has 0 aliphatic heterocycles. The summed E-state index contributed by atoms with van der Waals surface area (Å²) in [6.45, 7) is 4.30. The van der Waals surface area contributed by atoms with E-state index >= 15 is 0 Å². The molecule has 30 heavy (non-hydrogen) atoms. The molecule has 1 aromatic carbocycles. The van der Waals surface area contributed by atoms with Crippen molar-refractivity contribution in [3.8, 4) is 5.82 Å². The Balaban J connectivity index is 1.36. The van der Waals surface area contributed by atoms with Crippen LogP contribution in [0.15, 0.2) is 36.5 Å². The van der Waals surface area contributed by atoms with Gasteiger partial charge in [0.2, 0.25) is 11.9 Å². The Morgan fingerprint density at radius 1 is 1.20 bits per heavy atom. The highest BCUT2D eigenvalue weighted by molar-refractivity contribution is 5.78. The lowest BCUT2D eigenvalue weighted by molar-refractivity contribution is -0.126. The summed E-state index contributed by atoms with van der Waals surface area (Å²) in [5.74, 6) is 1.37. The summed E-state index contributed by atoms with van der Waals surface area (Å²) < 4.78 is 1.71. The number of para-hydroxylation sites is 1. The number of rotatable bonds is 6. The number of benzene rings is 1. The van der Waals surface area contributed by atoms with Crippen molar-refractivity contribution < 1.29 is 4.79 Å². The lowest BCUT2D eigenvalue weighted by atomic mass is 9.85. The molecule has 0 saturated heterocycles. The third kappa shape index (κ3) is 4.73. The molecule has 0 unspecified atom stereocenters. The first kappa shape index (κ1) is 20.2. The second-order valence-electron chi connectivity index (χ2n) is 8.63. The lowest BCUT2D eigenvalue weighted by Gasteiger charge is -2.29. The minimum absolute atomic E-state index is 0.0409. The molecule has 158 valence electrons. The van der Waals surface area contributed by atoms with Gasteiger partial charge in [-0.15, -0.1) is 5.10 Å². The van der Waals surface area contributed by atoms with Gasteiger partial charge in [0.05, 0.1) is 5.52 Å². The highest BCUT2D eigenvalue weighted by atomic mass is 16.1. The topological polar surface area (TPSA) is 124 Å². The summed E-state index contributed by atoms with van der Waals surface area (Å²) in [7, 11) is 0. The molecule has 1 aliphatic rings. The maximum atomic E-state index is 12.4. The SMILES string of the molecule is CC(C)(N)CNC(=O)C1CCC(Nc2nccc(-n3nnc4ccccc43)n2)CC1. The molecule has 4 N–H and O–H groups in total. The standard InChI is InChI=1S/C21H28N8O/c1-21(2,22)13-24-19(30)14-7-9-15(10-8-14)25-20-23-12-11-18(26-20)29-17-6-4-3-5-16(17)27-28-29/h3-6,11-12,14-15H,7-10,13,22H2,1-2H3,(H,24,30)(H,23,25,26). The van der Waals surface area contributed by atoms with Crippen LogP contribution in [0.4, 0.5) is 5.95 Å². The van der Waals surface area contributed by atoms with Gasteiger partial charge >= 0.3 is 0 Å². The van der Waals surface area contributed by atoms with Crippen LogP contribution in [0, 0.1) is 5.92 Å². The molecule has 4 rings (SSSR count). The van der Waals surface area contributed by atoms with E-state index in [4.69, 9.17) is 5.73 Å². The highest BCUT2D eigenvalue weighted by Gasteiger charge is 2.27. The number of fused-ring (bicyclic) bond motifs is 1. The van der Waals surface area contributed by atoms with Crippen molar-refractivity contribution in [3.63, 3.8) is 0 Å². The number of aromatic nitrogens is 5. The Bertz CT molecular complexity index is 1020. The number of anilines is 1. The molecule has 1 amide bonds. The molecule has 9 nitrogen and oxygen atoms in total. The number of nitrogens with zero attached hydrogens (tertiary/aromatic N) is 5. The minimum Gasteiger partial charge on any atom is -0.354 e. The molecule has 2 aromatic heterocycles. The third-order valence-electron chi connectivity index (χ3n) is 5.36. The van der Waals surface area contributed by atoms with Gasteiger partial charge in [0, 0.05) is 36.3 Å². The molecule has 2 heterocycles. The van der Waals surface area contributed by atoms with E-state index in [9.17, 15) is 4.79 Å². The van der Waals surface area contributed by atoms with Gasteiger partial charge in [-0.25, -0.2) is 4.98 Å². The Kier molecular flexibility index (Phi) is 5.63. The minimum atomic E-state index is -0.397. The van der Waals surface area contributed by atoms with Gasteiger partial charge in [-0.1, -0.05) is 17.3 Å². The average Bonchev–Trinajstić information content (AvgIpc) is 3.16. The monoisotopic (exact) mass is 408 g/mol. The smallest absolute Gasteiger partial charge is 0.224 e. The molecule has 1 fully saturated rings. The zero-order valence-corrected chi connectivity index (χ0v) is 17.4. The number of hydrogen-bond donors (Lipinski definition) is 3. The average molecular weight is 409 g/mol. The maximum absolute atomic E-state index is 12.4. The fourth-order valence-corrected chi connectivity index (χ4v) is 3.72. The van der Waals surface area contributed by atoms with Crippen LogP contribution >= 0.6 is 0 Å². The summed E-state index contributed by atoms with van der Waals surface area (Å²) in [5.41, 5.74) is 7.27. The number of nitrogens with one attached hydrogen (secondary N) is 2. The number of carbonyl (C=O) groups is 1. The summed E-state index contributed by atoms with van der Waals surface area (Å²) in [5, 5.41) is 14.8. The van der Waals surface area contributed by atoms with Crippen molar-refractivity contribution in [2.24, 2.45) is 11.7 Å². The van der Waals surface area contributed by atoms with E-state index in [1.807, 2.05) is 44.2 Å². The Morgan fingerprint density at radius 2 is 1.97 bits per heavy atom. The van der Waals surface area contributed by atoms with E-state index in [-0.39, 0.29) is 17.9 Å². The van der Waals surface area contributed by atoms with Crippen molar-refractivity contribution in [1.29, 1.82) is 0 Å². The predicted octanol–water partition coefficient (Wildman–Crippen LogP) is 2.03. The van der Waals surface area contributed by atoms with Gasteiger partial charge in [-0.05, 0) is 51.7 Å². The Morgan fingerprint density at radius 3 is 2.73 bits per heavy atom. The van der Waals surface area contributed by atoms with Crippen molar-refractivity contribution >= 4 is 22.9 Å². The van der Waals surface area contributed by atoms with Crippen molar-refractivity contribution in [2.45, 2.75) is 51.1 Å². The van der Waals surface area contributed by atoms with Crippen LogP contribution in [0.5, 0.6) is 0 Å². The molecule has 0 bridgehead atoms. The van der Waals surface area contributed by atoms with E-state index in [0.29, 0.717) is 18.3 Å². The largest absolute Gasteiger partial charge is 0.354 e. The van der Waals surface area contributed by atoms with E-state index in [0.717, 1.165) is 36.7 Å². The lowest BCUT2D eigenvalue weighted by Crippen LogP contribution is -2.47. The quantitative estimate of drug-likeness (QED) is 0.570. The van der Waals surface area contributed by atoms with Crippen LogP contribution in [0.2, 0.25) is 0 Å². The Labute approximate surface area is 175 Å². The van der Waals surface area contributed by atoms with E-state index in [2.05, 4.69) is 30.9 Å². The van der Waals surface area contributed by atoms with Gasteiger partial charge in [0.1, 0.15) is 5.52 Å². The van der Waals surface area contributed by atoms with Gasteiger partial charge in [0.25, 0.3) is 0 Å². The van der Waals surface area contributed by atoms with E-state index in [1.54, 1.807) is 10.9 Å². The summed E-state index contributed by atoms with van der Waals surface area (Å²) in [4.78, 5) is 21.3. The van der Waals surface area contributed by atoms with Crippen LogP contribution in [-0.4, -0.2) is 49.0 Å². The molecule has 9 heteroatoms. The van der Waals surface area contributed by atoms with Crippen LogP contribution in [0.25, 0.3) is 16.9 Å². The normalized spacial score (nSPS) is 19.6. The van der Waals surface area contributed by atoms with Crippen LogP contribution in [0.3, 0.4) is 0 Å². The van der Waals surface area contributed by atoms with E-state index < -0.39 is 5.54 Å². The van der Waals surface area contributed by atoms with Crippen molar-refractivity contribution in [2.75, 3.05) is 11.9 Å². The fraction of sp³-hybridized carbons (Fsp3) is 0.476. The van der Waals surface area contributed by atoms with Gasteiger partial charge in [-0.3, -0.25) is 4.79 Å². The fourth-order valence-electron chi connectivity index (χ4n) is 3.72. The zero-order chi connectivity index (χ0) is 21.1. The molecule has 1 saturated carbocycles. The molecular formula is C21H28N8O. The molecule has 0 spiro atoms. The first-order valence-electron chi connectivity index (χ1n) is 10.4. The molecule has 1 aliphatic carbocycles. The highest BCUT2D eigenvalue weighted by Crippen LogP contribution is 2.26. The number of carbonyl (C=O) groups excluding carboxylic acids is 1. The zero-order valence-electron chi connectivity index (χ0n) is 17.4. The van der Waals surface area contributed by atoms with Gasteiger partial charge < -0.3 is 16.4 Å². The second kappa shape index (κ2) is 8.35. The molecule has 3 aromatic rings. The predicted molar refractivity (Wildman–Crippen MR) is 115 cm³/mol. The summed E-state index contributed by atoms with van der Waals surface area (Å²) in [6, 6.07) is 9.81. The van der Waals surface area contributed by atoms with E-state index in [1.165, 1.54) is 0 Å². The first-order valence-corrected chi connectivity index (χ1v) is 10.4. The van der Waals surface area contributed by atoms with Crippen LogP contribution < -0.4 is 16.4 Å². The number of amides is 1. The summed E-state index contributed by atoms with van der Waals surface area (Å²) >= 11 is 0. The van der Waals surface area contributed by atoms with Gasteiger partial charge in [-0.2, -0.15) is 9.67 Å². The first-order chi connectivity index (χ1) is 14.4. The molecule has 0 atom stereocenters. The van der Waals surface area contributed by atoms with Gasteiger partial charge in [0.15, 0.2) is 5.82 Å². The molecular weight excluding hydrogens is 380 g/mol. The van der Waals surface area contributed by atoms with Crippen LogP contribution in [-0.2, 0) is 4.79 Å². The van der Waals surface area contributed by atoms with Crippen LogP contribution in [0.1, 0.15) is 39.5 Å². The Hall–Kier alpha value is -3.07. The van der Waals surface area contributed by atoms with Crippen molar-refractivity contribution in [1.82, 2.24) is 30.3 Å². The molecule has 0 radical (unpaired) electrons. The number of hydrogen-bond acceptors (Lipinski definition) is 7. The van der Waals surface area contributed by atoms with Crippen molar-refractivity contribution in [3.05, 3.63) is 36.5 Å². The second-order valence-corrected chi connectivity index (χ2v) is 8.63. The maximum Gasteiger partial charge on any atom is 0.224 e.